The van der Waals surface area contributed by atoms with Crippen LogP contribution in [-0.4, -0.2) is 22.7 Å². The average molecular weight is 679 g/mol. The van der Waals surface area contributed by atoms with E-state index in [-0.39, 0.29) is 11.8 Å². The van der Waals surface area contributed by atoms with E-state index < -0.39 is 11.9 Å². The van der Waals surface area contributed by atoms with Crippen LogP contribution in [0.25, 0.3) is 22.0 Å². The van der Waals surface area contributed by atoms with E-state index in [2.05, 4.69) is 15.6 Å². The second-order valence-corrected chi connectivity index (χ2v) is 12.6. The van der Waals surface area contributed by atoms with E-state index in [0.717, 1.165) is 33.4 Å². The van der Waals surface area contributed by atoms with Gasteiger partial charge in [0, 0.05) is 44.5 Å². The number of para-hydroxylation sites is 3. The number of aromatic amines is 1. The molecule has 0 spiro atoms. The van der Waals surface area contributed by atoms with Gasteiger partial charge in [-0.3, -0.25) is 14.4 Å². The summed E-state index contributed by atoms with van der Waals surface area (Å²) in [7, 11) is 0. The molecule has 2 heterocycles. The number of nitrogens with one attached hydrogen (secondary N) is 3. The Morgan fingerprint density at radius 2 is 1.31 bits per heavy atom. The molecule has 0 unspecified atom stereocenters. The lowest BCUT2D eigenvalue weighted by molar-refractivity contribution is -0.118. The highest BCUT2D eigenvalue weighted by Gasteiger charge is 2.36. The van der Waals surface area contributed by atoms with Gasteiger partial charge < -0.3 is 20.5 Å². The molecule has 7 nitrogen and oxygen atoms in total. The summed E-state index contributed by atoms with van der Waals surface area (Å²) in [6.07, 6.45) is 0. The molecular weight excluding hydrogens is 645 g/mol. The van der Waals surface area contributed by atoms with Crippen molar-refractivity contribution in [2.75, 3.05) is 10.2 Å². The average Bonchev–Trinajstić information content (AvgIpc) is 3.74. The molecule has 3 amide bonds. The predicted octanol–water partition coefficient (Wildman–Crippen LogP) is 8.78. The minimum atomic E-state index is -0.999. The van der Waals surface area contributed by atoms with Gasteiger partial charge in [0.2, 0.25) is 0 Å². The third-order valence-corrected chi connectivity index (χ3v) is 9.32. The minimum Gasteiger partial charge on any atom is -0.354 e. The molecule has 0 fully saturated rings. The van der Waals surface area contributed by atoms with Crippen LogP contribution in [0.2, 0.25) is 0 Å². The maximum absolute atomic E-state index is 14.8. The summed E-state index contributed by atoms with van der Waals surface area (Å²) in [5.74, 6) is -0.935. The summed E-state index contributed by atoms with van der Waals surface area (Å²) in [6, 6.07) is 52.2. The number of hydrogen-bond acceptors (Lipinski definition) is 3. The van der Waals surface area contributed by atoms with Gasteiger partial charge in [-0.15, -0.1) is 0 Å². The van der Waals surface area contributed by atoms with Crippen LogP contribution in [0.4, 0.5) is 11.4 Å². The van der Waals surface area contributed by atoms with E-state index in [9.17, 15) is 14.4 Å². The molecule has 6 aromatic carbocycles. The zero-order valence-corrected chi connectivity index (χ0v) is 28.1. The van der Waals surface area contributed by atoms with Gasteiger partial charge in [-0.2, -0.15) is 0 Å². The fraction of sp³-hybridized carbons (Fsp3) is 0.0444. The number of aromatic nitrogens is 1. The molecular formula is C45H34N4O3. The van der Waals surface area contributed by atoms with Crippen molar-refractivity contribution < 1.29 is 14.4 Å². The van der Waals surface area contributed by atoms with Crippen molar-refractivity contribution in [2.45, 2.75) is 12.6 Å². The molecule has 0 aliphatic carbocycles. The van der Waals surface area contributed by atoms with E-state index >= 15 is 0 Å². The second kappa shape index (κ2) is 14.1. The maximum Gasteiger partial charge on any atom is 0.260 e. The highest BCUT2D eigenvalue weighted by Crippen LogP contribution is 2.45. The van der Waals surface area contributed by atoms with Crippen LogP contribution in [0.15, 0.2) is 170 Å². The lowest BCUT2D eigenvalue weighted by Crippen LogP contribution is -2.37. The first kappa shape index (κ1) is 32.2. The molecule has 3 N–H and O–H groups in total. The Balaban J connectivity index is 1.26. The lowest BCUT2D eigenvalue weighted by Gasteiger charge is -2.21. The molecule has 0 radical (unpaired) electrons. The number of fused-ring (bicyclic) bond motifs is 2. The molecule has 7 aromatic rings. The zero-order chi connectivity index (χ0) is 35.4. The Bertz CT molecular complexity index is 2420. The molecule has 252 valence electrons. The molecule has 8 rings (SSSR count). The number of carbonyl (C=O) groups is 3. The molecule has 1 aliphatic heterocycles. The van der Waals surface area contributed by atoms with Gasteiger partial charge >= 0.3 is 0 Å². The standard InChI is InChI=1S/C45H34N4O3/c50-43(32-20-8-3-9-21-32)48-42(31-18-6-2-7-19-31)44(51)47-37-26-14-11-23-34(37)40(38-28-33-22-10-13-25-36(33)46-38)41-35-24-12-15-27-39(35)49(45(41)52)29-30-16-4-1-5-17-30/h1-28,42,46H,29H2,(H,47,51)(H,48,50)/b41-40-/t42-/m0/s1. The summed E-state index contributed by atoms with van der Waals surface area (Å²) in [5.41, 5.74) is 7.69. The summed E-state index contributed by atoms with van der Waals surface area (Å²) in [5, 5.41) is 7.07. The normalized spacial score (nSPS) is 13.8. The number of nitrogens with zero attached hydrogens (tertiary/aromatic N) is 1. The smallest absolute Gasteiger partial charge is 0.260 e. The summed E-state index contributed by atoms with van der Waals surface area (Å²) in [4.78, 5) is 47.9. The molecule has 1 aliphatic rings. The zero-order valence-electron chi connectivity index (χ0n) is 28.1. The first-order valence-electron chi connectivity index (χ1n) is 17.1. The van der Waals surface area contributed by atoms with Crippen molar-refractivity contribution in [2.24, 2.45) is 0 Å². The Hall–Kier alpha value is -6.99. The van der Waals surface area contributed by atoms with Crippen molar-refractivity contribution in [1.82, 2.24) is 10.3 Å². The molecule has 1 atom stereocenters. The van der Waals surface area contributed by atoms with E-state index in [0.29, 0.717) is 40.1 Å². The van der Waals surface area contributed by atoms with Crippen molar-refractivity contribution in [3.05, 3.63) is 203 Å². The summed E-state index contributed by atoms with van der Waals surface area (Å²) < 4.78 is 0. The number of rotatable bonds is 9. The van der Waals surface area contributed by atoms with Gasteiger partial charge in [0.15, 0.2) is 0 Å². The summed E-state index contributed by atoms with van der Waals surface area (Å²) >= 11 is 0. The number of carbonyl (C=O) groups excluding carboxylic acids is 3. The highest BCUT2D eigenvalue weighted by molar-refractivity contribution is 6.39. The minimum absolute atomic E-state index is 0.142. The van der Waals surface area contributed by atoms with Crippen molar-refractivity contribution in [3.8, 4) is 0 Å². The van der Waals surface area contributed by atoms with Gasteiger partial charge in [0.1, 0.15) is 6.04 Å². The quantitative estimate of drug-likeness (QED) is 0.133. The Morgan fingerprint density at radius 3 is 2.08 bits per heavy atom. The number of hydrogen-bond donors (Lipinski definition) is 3. The van der Waals surface area contributed by atoms with Crippen LogP contribution in [0.1, 0.15) is 44.3 Å². The summed E-state index contributed by atoms with van der Waals surface area (Å²) in [6.45, 7) is 0.401. The molecule has 0 saturated heterocycles. The Labute approximate surface area is 301 Å². The van der Waals surface area contributed by atoms with Gasteiger partial charge in [0.05, 0.1) is 17.8 Å². The SMILES string of the molecule is O=C(N[C@H](C(=O)Nc1ccccc1/C(=C1/C(=O)N(Cc2ccccc2)c2ccccc21)c1cc2ccccc2[nH]1)c1ccccc1)c1ccccc1. The van der Waals surface area contributed by atoms with Crippen molar-refractivity contribution in [1.29, 1.82) is 0 Å². The fourth-order valence-electron chi connectivity index (χ4n) is 6.83. The lowest BCUT2D eigenvalue weighted by atomic mass is 9.91. The fourth-order valence-corrected chi connectivity index (χ4v) is 6.83. The van der Waals surface area contributed by atoms with Crippen molar-refractivity contribution in [3.63, 3.8) is 0 Å². The maximum atomic E-state index is 14.8. The van der Waals surface area contributed by atoms with Crippen molar-refractivity contribution >= 4 is 51.1 Å². The predicted molar refractivity (Wildman–Crippen MR) is 206 cm³/mol. The number of anilines is 2. The van der Waals surface area contributed by atoms with Crippen LogP contribution < -0.4 is 15.5 Å². The van der Waals surface area contributed by atoms with Crippen LogP contribution in [-0.2, 0) is 16.1 Å². The molecule has 0 bridgehead atoms. The van der Waals surface area contributed by atoms with Gasteiger partial charge in [0.25, 0.3) is 17.7 Å². The highest BCUT2D eigenvalue weighted by atomic mass is 16.2. The number of H-pyrrole nitrogens is 1. The molecule has 52 heavy (non-hydrogen) atoms. The van der Waals surface area contributed by atoms with E-state index in [1.807, 2.05) is 150 Å². The topological polar surface area (TPSA) is 94.3 Å². The molecule has 1 aromatic heterocycles. The van der Waals surface area contributed by atoms with Crippen LogP contribution in [0, 0.1) is 0 Å². The molecule has 0 saturated carbocycles. The first-order chi connectivity index (χ1) is 25.5. The second-order valence-electron chi connectivity index (χ2n) is 12.6. The Kier molecular flexibility index (Phi) is 8.73. The third-order valence-electron chi connectivity index (χ3n) is 9.32. The van der Waals surface area contributed by atoms with Crippen LogP contribution >= 0.6 is 0 Å². The van der Waals surface area contributed by atoms with Crippen LogP contribution in [0.5, 0.6) is 0 Å². The number of benzene rings is 6. The monoisotopic (exact) mass is 678 g/mol. The molecule has 7 heteroatoms. The Morgan fingerprint density at radius 1 is 0.673 bits per heavy atom. The van der Waals surface area contributed by atoms with Gasteiger partial charge in [-0.25, -0.2) is 0 Å². The third kappa shape index (κ3) is 6.27. The van der Waals surface area contributed by atoms with E-state index in [4.69, 9.17) is 0 Å². The van der Waals surface area contributed by atoms with Gasteiger partial charge in [-0.05, 0) is 47.5 Å². The first-order valence-corrected chi connectivity index (χ1v) is 17.1. The van der Waals surface area contributed by atoms with Crippen LogP contribution in [0.3, 0.4) is 0 Å². The number of amides is 3. The van der Waals surface area contributed by atoms with Gasteiger partial charge in [-0.1, -0.05) is 133 Å². The van der Waals surface area contributed by atoms with E-state index in [1.165, 1.54) is 0 Å². The van der Waals surface area contributed by atoms with E-state index in [1.54, 1.807) is 24.3 Å². The largest absolute Gasteiger partial charge is 0.354 e.